The van der Waals surface area contributed by atoms with Gasteiger partial charge in [0, 0.05) is 49.8 Å². The van der Waals surface area contributed by atoms with Gasteiger partial charge in [0.25, 0.3) is 5.56 Å². The molecule has 6 nitrogen and oxygen atoms in total. The van der Waals surface area contributed by atoms with Crippen LogP contribution in [0.25, 0.3) is 22.6 Å². The lowest BCUT2D eigenvalue weighted by molar-refractivity contribution is 0.0874. The SMILES string of the molecule is COC[C@@H]1CCCN(Cc2ccc(-c3nc(-c4ccncc4)cc(=O)[nH]3)cc2)C1. The van der Waals surface area contributed by atoms with Crippen LogP contribution in [-0.4, -0.2) is 46.7 Å². The lowest BCUT2D eigenvalue weighted by atomic mass is 9.98. The van der Waals surface area contributed by atoms with Crippen LogP contribution in [0.1, 0.15) is 18.4 Å². The summed E-state index contributed by atoms with van der Waals surface area (Å²) in [7, 11) is 1.78. The third kappa shape index (κ3) is 4.96. The number of aromatic nitrogens is 3. The zero-order valence-electron chi connectivity index (χ0n) is 16.7. The number of nitrogens with one attached hydrogen (secondary N) is 1. The van der Waals surface area contributed by atoms with Crippen LogP contribution in [-0.2, 0) is 11.3 Å². The van der Waals surface area contributed by atoms with Gasteiger partial charge in [-0.3, -0.25) is 14.7 Å². The van der Waals surface area contributed by atoms with Gasteiger partial charge in [-0.05, 0) is 43.0 Å². The average molecular weight is 390 g/mol. The van der Waals surface area contributed by atoms with Crippen molar-refractivity contribution in [3.63, 3.8) is 0 Å². The molecule has 0 aliphatic carbocycles. The largest absolute Gasteiger partial charge is 0.384 e. The van der Waals surface area contributed by atoms with Gasteiger partial charge in [0.1, 0.15) is 5.82 Å². The normalized spacial score (nSPS) is 17.3. The fourth-order valence-corrected chi connectivity index (χ4v) is 3.96. The number of hydrogen-bond acceptors (Lipinski definition) is 5. The molecule has 150 valence electrons. The molecule has 1 aliphatic heterocycles. The number of piperidine rings is 1. The molecule has 4 rings (SSSR count). The van der Waals surface area contributed by atoms with Gasteiger partial charge in [-0.1, -0.05) is 24.3 Å². The Labute approximate surface area is 170 Å². The molecule has 3 aromatic rings. The molecule has 1 saturated heterocycles. The van der Waals surface area contributed by atoms with Crippen LogP contribution in [0.4, 0.5) is 0 Å². The zero-order chi connectivity index (χ0) is 20.1. The number of H-pyrrole nitrogens is 1. The van der Waals surface area contributed by atoms with Crippen molar-refractivity contribution in [1.29, 1.82) is 0 Å². The molecule has 2 aromatic heterocycles. The number of methoxy groups -OCH3 is 1. The average Bonchev–Trinajstić information content (AvgIpc) is 2.75. The van der Waals surface area contributed by atoms with Crippen molar-refractivity contribution in [3.8, 4) is 22.6 Å². The molecule has 6 heteroatoms. The van der Waals surface area contributed by atoms with Crippen molar-refractivity contribution < 1.29 is 4.74 Å². The summed E-state index contributed by atoms with van der Waals surface area (Å²) in [6, 6.07) is 13.5. The molecule has 0 unspecified atom stereocenters. The molecule has 0 saturated carbocycles. The summed E-state index contributed by atoms with van der Waals surface area (Å²) in [4.78, 5) is 26.1. The Morgan fingerprint density at radius 3 is 2.69 bits per heavy atom. The third-order valence-corrected chi connectivity index (χ3v) is 5.36. The lowest BCUT2D eigenvalue weighted by Crippen LogP contribution is -2.36. The van der Waals surface area contributed by atoms with Crippen LogP contribution in [0.5, 0.6) is 0 Å². The molecule has 29 heavy (non-hydrogen) atoms. The van der Waals surface area contributed by atoms with Gasteiger partial charge in [0.05, 0.1) is 12.3 Å². The predicted molar refractivity (Wildman–Crippen MR) is 113 cm³/mol. The molecule has 0 bridgehead atoms. The second kappa shape index (κ2) is 9.11. The minimum Gasteiger partial charge on any atom is -0.384 e. The van der Waals surface area contributed by atoms with Crippen molar-refractivity contribution in [3.05, 3.63) is 70.8 Å². The Bertz CT molecular complexity index is 984. The summed E-state index contributed by atoms with van der Waals surface area (Å²) >= 11 is 0. The molecular weight excluding hydrogens is 364 g/mol. The Kier molecular flexibility index (Phi) is 6.12. The van der Waals surface area contributed by atoms with Gasteiger partial charge in [0.15, 0.2) is 0 Å². The van der Waals surface area contributed by atoms with Crippen LogP contribution in [0, 0.1) is 5.92 Å². The maximum atomic E-state index is 12.1. The standard InChI is InChI=1S/C23H26N4O2/c1-29-16-18-3-2-12-27(15-18)14-17-4-6-20(7-5-17)23-25-21(13-22(28)26-23)19-8-10-24-11-9-19/h4-11,13,18H,2-3,12,14-16H2,1H3,(H,25,26,28)/t18-/m1/s1. The number of pyridine rings is 1. The molecule has 0 spiro atoms. The van der Waals surface area contributed by atoms with E-state index in [1.807, 2.05) is 24.3 Å². The van der Waals surface area contributed by atoms with E-state index in [-0.39, 0.29) is 5.56 Å². The third-order valence-electron chi connectivity index (χ3n) is 5.36. The second-order valence-electron chi connectivity index (χ2n) is 7.61. The van der Waals surface area contributed by atoms with Gasteiger partial charge in [-0.2, -0.15) is 0 Å². The van der Waals surface area contributed by atoms with E-state index in [0.29, 0.717) is 17.4 Å². The monoisotopic (exact) mass is 390 g/mol. The summed E-state index contributed by atoms with van der Waals surface area (Å²) in [5.74, 6) is 1.20. The summed E-state index contributed by atoms with van der Waals surface area (Å²) in [6.07, 6.45) is 5.87. The molecule has 1 aliphatic rings. The Balaban J connectivity index is 1.49. The van der Waals surface area contributed by atoms with Gasteiger partial charge in [-0.15, -0.1) is 0 Å². The van der Waals surface area contributed by atoms with Crippen molar-refractivity contribution in [2.24, 2.45) is 5.92 Å². The fraction of sp³-hybridized carbons (Fsp3) is 0.348. The first-order valence-corrected chi connectivity index (χ1v) is 10.0. The van der Waals surface area contributed by atoms with Gasteiger partial charge < -0.3 is 9.72 Å². The summed E-state index contributed by atoms with van der Waals surface area (Å²) < 4.78 is 5.33. The minimum absolute atomic E-state index is 0.164. The maximum Gasteiger partial charge on any atom is 0.251 e. The summed E-state index contributed by atoms with van der Waals surface area (Å²) in [6.45, 7) is 3.98. The number of rotatable bonds is 6. The minimum atomic E-state index is -0.164. The number of ether oxygens (including phenoxy) is 1. The predicted octanol–water partition coefficient (Wildman–Crippen LogP) is 3.36. The number of likely N-dealkylation sites (tertiary alicyclic amines) is 1. The Morgan fingerprint density at radius 1 is 1.14 bits per heavy atom. The number of hydrogen-bond donors (Lipinski definition) is 1. The smallest absolute Gasteiger partial charge is 0.251 e. The van der Waals surface area contributed by atoms with E-state index in [4.69, 9.17) is 4.74 Å². The second-order valence-corrected chi connectivity index (χ2v) is 7.61. The van der Waals surface area contributed by atoms with Crippen LogP contribution in [0.3, 0.4) is 0 Å². The molecule has 1 fully saturated rings. The molecular formula is C23H26N4O2. The summed E-state index contributed by atoms with van der Waals surface area (Å²) in [5, 5.41) is 0. The first kappa shape index (κ1) is 19.5. The van der Waals surface area contributed by atoms with E-state index in [9.17, 15) is 4.79 Å². The van der Waals surface area contributed by atoms with Crippen LogP contribution in [0.15, 0.2) is 59.7 Å². The molecule has 0 radical (unpaired) electrons. The van der Waals surface area contributed by atoms with Gasteiger partial charge >= 0.3 is 0 Å². The van der Waals surface area contributed by atoms with Crippen molar-refractivity contribution in [2.75, 3.05) is 26.8 Å². The highest BCUT2D eigenvalue weighted by molar-refractivity contribution is 5.63. The molecule has 1 atom stereocenters. The quantitative estimate of drug-likeness (QED) is 0.699. The highest BCUT2D eigenvalue weighted by Gasteiger charge is 2.19. The van der Waals surface area contributed by atoms with E-state index in [0.717, 1.165) is 37.4 Å². The first-order chi connectivity index (χ1) is 14.2. The van der Waals surface area contributed by atoms with Crippen LogP contribution >= 0.6 is 0 Å². The maximum absolute atomic E-state index is 12.1. The van der Waals surface area contributed by atoms with E-state index < -0.39 is 0 Å². The van der Waals surface area contributed by atoms with Crippen LogP contribution < -0.4 is 5.56 Å². The zero-order valence-corrected chi connectivity index (χ0v) is 16.7. The Hall–Kier alpha value is -2.83. The van der Waals surface area contributed by atoms with Crippen molar-refractivity contribution in [1.82, 2.24) is 19.9 Å². The first-order valence-electron chi connectivity index (χ1n) is 10.0. The summed E-state index contributed by atoms with van der Waals surface area (Å²) in [5.41, 5.74) is 3.52. The van der Waals surface area contributed by atoms with Gasteiger partial charge in [0.2, 0.25) is 0 Å². The molecule has 0 amide bonds. The van der Waals surface area contributed by atoms with Crippen LogP contribution in [0.2, 0.25) is 0 Å². The number of nitrogens with zero attached hydrogens (tertiary/aromatic N) is 3. The van der Waals surface area contributed by atoms with E-state index in [1.54, 1.807) is 19.5 Å². The van der Waals surface area contributed by atoms with E-state index >= 15 is 0 Å². The van der Waals surface area contributed by atoms with E-state index in [2.05, 4.69) is 32.0 Å². The van der Waals surface area contributed by atoms with Crippen molar-refractivity contribution >= 4 is 0 Å². The topological polar surface area (TPSA) is 71.1 Å². The number of aromatic amines is 1. The van der Waals surface area contributed by atoms with E-state index in [1.165, 1.54) is 24.5 Å². The highest BCUT2D eigenvalue weighted by atomic mass is 16.5. The molecule has 3 heterocycles. The van der Waals surface area contributed by atoms with Crippen molar-refractivity contribution in [2.45, 2.75) is 19.4 Å². The fourth-order valence-electron chi connectivity index (χ4n) is 3.96. The molecule has 1 N–H and O–H groups in total. The van der Waals surface area contributed by atoms with Gasteiger partial charge in [-0.25, -0.2) is 4.98 Å². The highest BCUT2D eigenvalue weighted by Crippen LogP contribution is 2.22. The Morgan fingerprint density at radius 2 is 1.93 bits per heavy atom. The molecule has 1 aromatic carbocycles. The number of benzene rings is 1. The lowest BCUT2D eigenvalue weighted by Gasteiger charge is -2.32.